The number of hydrogen-bond donors (Lipinski definition) is 1. The van der Waals surface area contributed by atoms with E-state index in [9.17, 15) is 9.90 Å². The van der Waals surface area contributed by atoms with Crippen LogP contribution < -0.4 is 0 Å². The first kappa shape index (κ1) is 22.7. The highest BCUT2D eigenvalue weighted by atomic mass is 16.6. The Hall–Kier alpha value is -0.940. The summed E-state index contributed by atoms with van der Waals surface area (Å²) >= 11 is 0. The molecule has 5 heteroatoms. The molecule has 0 saturated heterocycles. The summed E-state index contributed by atoms with van der Waals surface area (Å²) in [7, 11) is 4.02. The highest BCUT2D eigenvalue weighted by Crippen LogP contribution is 2.61. The molecule has 0 spiro atoms. The van der Waals surface area contributed by atoms with Gasteiger partial charge in [0.25, 0.3) is 0 Å². The van der Waals surface area contributed by atoms with Gasteiger partial charge in [-0.15, -0.1) is 0 Å². The van der Waals surface area contributed by atoms with E-state index in [0.717, 1.165) is 57.9 Å². The molecule has 3 fully saturated rings. The quantitative estimate of drug-likeness (QED) is 0.392. The van der Waals surface area contributed by atoms with E-state index in [2.05, 4.69) is 30.8 Å². The van der Waals surface area contributed by atoms with Crippen LogP contribution in [-0.2, 0) is 9.63 Å². The Kier molecular flexibility index (Phi) is 7.10. The molecule has 1 unspecified atom stereocenters. The van der Waals surface area contributed by atoms with Crippen LogP contribution in [0.3, 0.4) is 0 Å². The van der Waals surface area contributed by atoms with E-state index in [4.69, 9.17) is 4.84 Å². The minimum atomic E-state index is -0.351. The minimum Gasteiger partial charge on any atom is -0.395 e. The molecule has 166 valence electrons. The highest BCUT2D eigenvalue weighted by molar-refractivity contribution is 5.88. The van der Waals surface area contributed by atoms with Crippen LogP contribution in [0.5, 0.6) is 0 Å². The first-order valence-corrected chi connectivity index (χ1v) is 11.7. The summed E-state index contributed by atoms with van der Waals surface area (Å²) in [4.78, 5) is 20.9. The molecular weight excluding hydrogens is 364 g/mol. The van der Waals surface area contributed by atoms with Crippen LogP contribution in [0.2, 0.25) is 0 Å². The lowest BCUT2D eigenvalue weighted by Gasteiger charge is -2.58. The van der Waals surface area contributed by atoms with Gasteiger partial charge in [-0.1, -0.05) is 32.3 Å². The Morgan fingerprint density at radius 2 is 2.03 bits per heavy atom. The molecule has 0 bridgehead atoms. The van der Waals surface area contributed by atoms with Crippen LogP contribution in [0.25, 0.3) is 0 Å². The SMILES string of the molecule is CCC[C@@]1(C)CC[C@H]2[C@@H](CC[C@@H]3C[C@@H](O)C(/C=N\OCCN(C)C)C[C@@]32C)C1=O. The summed E-state index contributed by atoms with van der Waals surface area (Å²) in [6, 6.07) is 0. The van der Waals surface area contributed by atoms with E-state index < -0.39 is 0 Å². The number of carbonyl (C=O) groups excluding carboxylic acids is 1. The van der Waals surface area contributed by atoms with E-state index in [-0.39, 0.29) is 28.8 Å². The van der Waals surface area contributed by atoms with Crippen molar-refractivity contribution in [3.05, 3.63) is 0 Å². The fourth-order valence-electron chi connectivity index (χ4n) is 6.73. The van der Waals surface area contributed by atoms with Crippen molar-refractivity contribution < 1.29 is 14.7 Å². The van der Waals surface area contributed by atoms with Gasteiger partial charge in [0.1, 0.15) is 12.4 Å². The summed E-state index contributed by atoms with van der Waals surface area (Å²) in [5, 5.41) is 14.9. The van der Waals surface area contributed by atoms with E-state index in [1.165, 1.54) is 0 Å². The normalized spacial score (nSPS) is 42.7. The minimum absolute atomic E-state index is 0.0217. The van der Waals surface area contributed by atoms with Gasteiger partial charge in [-0.3, -0.25) is 4.79 Å². The lowest BCUT2D eigenvalue weighted by molar-refractivity contribution is -0.155. The number of aliphatic hydroxyl groups excluding tert-OH is 1. The number of carbonyl (C=O) groups is 1. The number of Topliss-reactive ketones (excluding diaryl/α,β-unsaturated/α-hetero) is 1. The highest BCUT2D eigenvalue weighted by Gasteiger charge is 2.57. The Morgan fingerprint density at radius 3 is 2.72 bits per heavy atom. The zero-order valence-corrected chi connectivity index (χ0v) is 19.2. The second kappa shape index (κ2) is 9.05. The van der Waals surface area contributed by atoms with Crippen LogP contribution in [0.15, 0.2) is 5.16 Å². The summed E-state index contributed by atoms with van der Waals surface area (Å²) in [6.45, 7) is 8.17. The first-order chi connectivity index (χ1) is 13.7. The van der Waals surface area contributed by atoms with Crippen molar-refractivity contribution in [1.82, 2.24) is 4.90 Å². The molecule has 3 aliphatic rings. The maximum atomic E-state index is 13.4. The molecule has 0 amide bonds. The van der Waals surface area contributed by atoms with Crippen molar-refractivity contribution in [3.8, 4) is 0 Å². The number of hydrogen-bond acceptors (Lipinski definition) is 5. The molecule has 0 aromatic heterocycles. The van der Waals surface area contributed by atoms with E-state index in [1.807, 2.05) is 20.3 Å². The predicted molar refractivity (Wildman–Crippen MR) is 117 cm³/mol. The van der Waals surface area contributed by atoms with Crippen molar-refractivity contribution in [2.75, 3.05) is 27.2 Å². The Labute approximate surface area is 177 Å². The van der Waals surface area contributed by atoms with Gasteiger partial charge in [0.15, 0.2) is 0 Å². The molecule has 3 aliphatic carbocycles. The van der Waals surface area contributed by atoms with Crippen LogP contribution in [0.1, 0.15) is 72.1 Å². The maximum Gasteiger partial charge on any atom is 0.142 e. The van der Waals surface area contributed by atoms with Crippen molar-refractivity contribution in [1.29, 1.82) is 0 Å². The van der Waals surface area contributed by atoms with Crippen LogP contribution in [0.4, 0.5) is 0 Å². The van der Waals surface area contributed by atoms with Crippen molar-refractivity contribution in [2.24, 2.45) is 39.7 Å². The Morgan fingerprint density at radius 1 is 1.28 bits per heavy atom. The van der Waals surface area contributed by atoms with Gasteiger partial charge in [0, 0.05) is 30.0 Å². The van der Waals surface area contributed by atoms with Crippen LogP contribution in [0, 0.1) is 34.5 Å². The Bertz CT molecular complexity index is 607. The molecule has 29 heavy (non-hydrogen) atoms. The number of rotatable bonds is 7. The summed E-state index contributed by atoms with van der Waals surface area (Å²) in [5.41, 5.74) is 0.000105. The fourth-order valence-corrected chi connectivity index (χ4v) is 6.73. The van der Waals surface area contributed by atoms with Crippen molar-refractivity contribution >= 4 is 12.0 Å². The first-order valence-electron chi connectivity index (χ1n) is 11.7. The average molecular weight is 407 g/mol. The summed E-state index contributed by atoms with van der Waals surface area (Å²) < 4.78 is 0. The molecule has 3 saturated carbocycles. The molecule has 0 heterocycles. The van der Waals surface area contributed by atoms with Crippen LogP contribution in [-0.4, -0.2) is 55.4 Å². The van der Waals surface area contributed by atoms with E-state index in [0.29, 0.717) is 24.2 Å². The predicted octanol–water partition coefficient (Wildman–Crippen LogP) is 4.14. The van der Waals surface area contributed by atoms with Gasteiger partial charge < -0.3 is 14.8 Å². The topological polar surface area (TPSA) is 62.1 Å². The molecule has 3 rings (SSSR count). The smallest absolute Gasteiger partial charge is 0.142 e. The van der Waals surface area contributed by atoms with Crippen LogP contribution >= 0.6 is 0 Å². The molecular formula is C24H42N2O3. The van der Waals surface area contributed by atoms with Crippen molar-refractivity contribution in [3.63, 3.8) is 0 Å². The van der Waals surface area contributed by atoms with Gasteiger partial charge in [-0.2, -0.15) is 0 Å². The number of oxime groups is 1. The second-order valence-electron chi connectivity index (χ2n) is 10.8. The molecule has 0 aromatic rings. The molecule has 0 radical (unpaired) electrons. The molecule has 7 atom stereocenters. The molecule has 5 nitrogen and oxygen atoms in total. The third kappa shape index (κ3) is 4.56. The third-order valence-electron chi connectivity index (χ3n) is 8.48. The summed E-state index contributed by atoms with van der Waals surface area (Å²) in [6.07, 6.45) is 9.59. The van der Waals surface area contributed by atoms with E-state index in [1.54, 1.807) is 0 Å². The third-order valence-corrected chi connectivity index (χ3v) is 8.48. The van der Waals surface area contributed by atoms with Gasteiger partial charge >= 0.3 is 0 Å². The van der Waals surface area contributed by atoms with Gasteiger partial charge in [-0.05, 0) is 76.3 Å². The second-order valence-corrected chi connectivity index (χ2v) is 10.8. The molecule has 0 aromatic carbocycles. The fraction of sp³-hybridized carbons (Fsp3) is 0.917. The summed E-state index contributed by atoms with van der Waals surface area (Å²) in [5.74, 6) is 1.73. The molecule has 0 aliphatic heterocycles. The molecule has 1 N–H and O–H groups in total. The monoisotopic (exact) mass is 406 g/mol. The zero-order chi connectivity index (χ0) is 21.2. The van der Waals surface area contributed by atoms with Gasteiger partial charge in [0.05, 0.1) is 6.10 Å². The largest absolute Gasteiger partial charge is 0.395 e. The van der Waals surface area contributed by atoms with Gasteiger partial charge in [0.2, 0.25) is 0 Å². The number of nitrogens with zero attached hydrogens (tertiary/aromatic N) is 2. The number of ketones is 1. The standard InChI is InChI=1S/C24H42N2O3/c1-6-10-23(2)11-9-20-19(22(23)28)8-7-18-14-21(27)17(15-24(18,20)3)16-25-29-13-12-26(4)5/h16-21,27H,6-15H2,1-5H3/b25-16-/t17?,18-,19-,20+,21-,23+,24+/m1/s1. The van der Waals surface area contributed by atoms with E-state index >= 15 is 0 Å². The van der Waals surface area contributed by atoms with Gasteiger partial charge in [-0.25, -0.2) is 0 Å². The van der Waals surface area contributed by atoms with Crippen molar-refractivity contribution in [2.45, 2.75) is 78.2 Å². The number of aliphatic hydroxyl groups is 1. The lowest BCUT2D eigenvalue weighted by atomic mass is 9.45. The zero-order valence-electron chi connectivity index (χ0n) is 19.2. The number of likely N-dealkylation sites (N-methyl/N-ethyl adjacent to an activating group) is 1. The lowest BCUT2D eigenvalue weighted by Crippen LogP contribution is -2.56. The maximum absolute atomic E-state index is 13.4. The average Bonchev–Trinajstić information content (AvgIpc) is 2.65. The Balaban J connectivity index is 1.70. The number of fused-ring (bicyclic) bond motifs is 3.